The van der Waals surface area contributed by atoms with E-state index < -0.39 is 11.8 Å². The van der Waals surface area contributed by atoms with Gasteiger partial charge in [0.25, 0.3) is 5.56 Å². The summed E-state index contributed by atoms with van der Waals surface area (Å²) in [6.45, 7) is 2.32. The standard InChI is InChI=1S/C27H26FN3O4/c1-17-4-6-18(7-5-17)15-31(27(33)29-22-10-8-21(28)9-11-22)16-20-12-19-13-24(34-2)25(35-3)14-23(19)30-26(20)32/h4-14H,15-16H2,1-3H3,(H,29,33)(H,30,32). The van der Waals surface area contributed by atoms with E-state index in [9.17, 15) is 14.0 Å². The van der Waals surface area contributed by atoms with Crippen molar-refractivity contribution in [3.63, 3.8) is 0 Å². The highest BCUT2D eigenvalue weighted by atomic mass is 19.1. The zero-order chi connectivity index (χ0) is 24.9. The number of fused-ring (bicyclic) bond motifs is 1. The Morgan fingerprint density at radius 3 is 2.26 bits per heavy atom. The van der Waals surface area contributed by atoms with Crippen molar-refractivity contribution in [1.82, 2.24) is 9.88 Å². The Morgan fingerprint density at radius 2 is 1.60 bits per heavy atom. The number of anilines is 1. The van der Waals surface area contributed by atoms with E-state index in [1.54, 1.807) is 25.3 Å². The second kappa shape index (κ2) is 10.3. The average molecular weight is 476 g/mol. The van der Waals surface area contributed by atoms with Gasteiger partial charge < -0.3 is 24.7 Å². The van der Waals surface area contributed by atoms with Crippen LogP contribution in [0.1, 0.15) is 16.7 Å². The molecule has 0 atom stereocenters. The number of methoxy groups -OCH3 is 2. The number of carbonyl (C=O) groups is 1. The molecular formula is C27H26FN3O4. The molecule has 0 radical (unpaired) electrons. The van der Waals surface area contributed by atoms with Gasteiger partial charge in [0.15, 0.2) is 11.5 Å². The predicted molar refractivity (Wildman–Crippen MR) is 134 cm³/mol. The van der Waals surface area contributed by atoms with Crippen LogP contribution in [0.3, 0.4) is 0 Å². The molecular weight excluding hydrogens is 449 g/mol. The van der Waals surface area contributed by atoms with Crippen LogP contribution in [0, 0.1) is 12.7 Å². The highest BCUT2D eigenvalue weighted by molar-refractivity contribution is 5.89. The number of hydrogen-bond acceptors (Lipinski definition) is 4. The lowest BCUT2D eigenvalue weighted by molar-refractivity contribution is 0.206. The number of urea groups is 1. The van der Waals surface area contributed by atoms with Crippen molar-refractivity contribution in [2.24, 2.45) is 0 Å². The smallest absolute Gasteiger partial charge is 0.322 e. The van der Waals surface area contributed by atoms with Gasteiger partial charge in [-0.3, -0.25) is 4.79 Å². The maximum atomic E-state index is 13.3. The summed E-state index contributed by atoms with van der Waals surface area (Å²) in [6.07, 6.45) is 0. The van der Waals surface area contributed by atoms with Crippen LogP contribution in [0.15, 0.2) is 71.5 Å². The molecule has 1 aromatic heterocycles. The molecule has 3 aromatic carbocycles. The number of nitrogens with zero attached hydrogens (tertiary/aromatic N) is 1. The van der Waals surface area contributed by atoms with E-state index in [2.05, 4.69) is 10.3 Å². The molecule has 2 amide bonds. The fourth-order valence-electron chi connectivity index (χ4n) is 3.75. The summed E-state index contributed by atoms with van der Waals surface area (Å²) in [5.41, 5.74) is 3.16. The fourth-order valence-corrected chi connectivity index (χ4v) is 3.75. The van der Waals surface area contributed by atoms with Crippen LogP contribution < -0.4 is 20.3 Å². The summed E-state index contributed by atoms with van der Waals surface area (Å²) in [5, 5.41) is 3.52. The van der Waals surface area contributed by atoms with E-state index in [1.807, 2.05) is 31.2 Å². The second-order valence-electron chi connectivity index (χ2n) is 8.20. The third kappa shape index (κ3) is 5.60. The first kappa shape index (κ1) is 23.8. The minimum atomic E-state index is -0.413. The summed E-state index contributed by atoms with van der Waals surface area (Å²) in [7, 11) is 3.07. The molecule has 0 unspecified atom stereocenters. The van der Waals surface area contributed by atoms with Gasteiger partial charge in [0.2, 0.25) is 0 Å². The summed E-state index contributed by atoms with van der Waals surface area (Å²) in [4.78, 5) is 30.5. The number of amides is 2. The number of aromatic nitrogens is 1. The van der Waals surface area contributed by atoms with Gasteiger partial charge in [-0.05, 0) is 48.9 Å². The number of halogens is 1. The van der Waals surface area contributed by atoms with Gasteiger partial charge in [-0.1, -0.05) is 29.8 Å². The molecule has 7 nitrogen and oxygen atoms in total. The van der Waals surface area contributed by atoms with Crippen molar-refractivity contribution >= 4 is 22.6 Å². The van der Waals surface area contributed by atoms with Gasteiger partial charge in [0, 0.05) is 29.2 Å². The molecule has 180 valence electrons. The van der Waals surface area contributed by atoms with Gasteiger partial charge in [-0.2, -0.15) is 0 Å². The molecule has 0 aliphatic heterocycles. The largest absolute Gasteiger partial charge is 0.493 e. The van der Waals surface area contributed by atoms with Crippen molar-refractivity contribution in [3.05, 3.63) is 99.6 Å². The molecule has 0 saturated heterocycles. The number of benzene rings is 3. The minimum absolute atomic E-state index is 0.0561. The Hall–Kier alpha value is -4.33. The molecule has 2 N–H and O–H groups in total. The quantitative estimate of drug-likeness (QED) is 0.384. The summed E-state index contributed by atoms with van der Waals surface area (Å²) in [6, 6.07) is 18.1. The van der Waals surface area contributed by atoms with Gasteiger partial charge in [-0.25, -0.2) is 9.18 Å². The molecule has 0 bridgehead atoms. The van der Waals surface area contributed by atoms with Crippen LogP contribution in [0.5, 0.6) is 11.5 Å². The summed E-state index contributed by atoms with van der Waals surface area (Å²) in [5.74, 6) is 0.640. The van der Waals surface area contributed by atoms with Crippen molar-refractivity contribution in [2.45, 2.75) is 20.0 Å². The van der Waals surface area contributed by atoms with E-state index >= 15 is 0 Å². The van der Waals surface area contributed by atoms with Crippen molar-refractivity contribution in [1.29, 1.82) is 0 Å². The monoisotopic (exact) mass is 475 g/mol. The van der Waals surface area contributed by atoms with E-state index in [0.717, 1.165) is 16.5 Å². The molecule has 0 aliphatic carbocycles. The maximum Gasteiger partial charge on any atom is 0.322 e. The lowest BCUT2D eigenvalue weighted by atomic mass is 10.1. The van der Waals surface area contributed by atoms with E-state index in [4.69, 9.17) is 9.47 Å². The van der Waals surface area contributed by atoms with Crippen molar-refractivity contribution in [3.8, 4) is 11.5 Å². The Balaban J connectivity index is 1.67. The van der Waals surface area contributed by atoms with Crippen LogP contribution in [-0.4, -0.2) is 30.1 Å². The topological polar surface area (TPSA) is 83.7 Å². The van der Waals surface area contributed by atoms with Gasteiger partial charge in [0.1, 0.15) is 5.82 Å². The number of carbonyl (C=O) groups excluding carboxylic acids is 1. The predicted octanol–water partition coefficient (Wildman–Crippen LogP) is 5.23. The number of pyridine rings is 1. The Bertz CT molecular complexity index is 1400. The molecule has 4 aromatic rings. The van der Waals surface area contributed by atoms with Gasteiger partial charge in [0.05, 0.1) is 26.3 Å². The second-order valence-corrected chi connectivity index (χ2v) is 8.20. The molecule has 0 saturated carbocycles. The number of hydrogen-bond donors (Lipinski definition) is 2. The minimum Gasteiger partial charge on any atom is -0.493 e. The summed E-state index contributed by atoms with van der Waals surface area (Å²) >= 11 is 0. The lowest BCUT2D eigenvalue weighted by Gasteiger charge is -2.23. The number of H-pyrrole nitrogens is 1. The van der Waals surface area contributed by atoms with Gasteiger partial charge in [-0.15, -0.1) is 0 Å². The van der Waals surface area contributed by atoms with Crippen molar-refractivity contribution < 1.29 is 18.7 Å². The molecule has 4 rings (SSSR count). The molecule has 35 heavy (non-hydrogen) atoms. The molecule has 1 heterocycles. The Kier molecular flexibility index (Phi) is 7.01. The number of rotatable bonds is 7. The lowest BCUT2D eigenvalue weighted by Crippen LogP contribution is -2.35. The highest BCUT2D eigenvalue weighted by Gasteiger charge is 2.18. The van der Waals surface area contributed by atoms with Gasteiger partial charge >= 0.3 is 6.03 Å². The van der Waals surface area contributed by atoms with Crippen LogP contribution in [0.25, 0.3) is 10.9 Å². The first-order chi connectivity index (χ1) is 16.9. The molecule has 0 aliphatic rings. The van der Waals surface area contributed by atoms with Crippen LogP contribution in [-0.2, 0) is 13.1 Å². The third-order valence-corrected chi connectivity index (χ3v) is 5.66. The highest BCUT2D eigenvalue weighted by Crippen LogP contribution is 2.31. The first-order valence-corrected chi connectivity index (χ1v) is 11.0. The SMILES string of the molecule is COc1cc2cc(CN(Cc3ccc(C)cc3)C(=O)Nc3ccc(F)cc3)c(=O)[nH]c2cc1OC. The molecule has 0 spiro atoms. The Labute approximate surface area is 202 Å². The van der Waals surface area contributed by atoms with Crippen molar-refractivity contribution in [2.75, 3.05) is 19.5 Å². The van der Waals surface area contributed by atoms with Crippen LogP contribution >= 0.6 is 0 Å². The number of nitrogens with one attached hydrogen (secondary N) is 2. The van der Waals surface area contributed by atoms with Crippen LogP contribution in [0.4, 0.5) is 14.9 Å². The first-order valence-electron chi connectivity index (χ1n) is 11.0. The Morgan fingerprint density at radius 1 is 0.943 bits per heavy atom. The van der Waals surface area contributed by atoms with E-state index in [0.29, 0.717) is 28.3 Å². The zero-order valence-electron chi connectivity index (χ0n) is 19.7. The van der Waals surface area contributed by atoms with E-state index in [-0.39, 0.29) is 18.6 Å². The average Bonchev–Trinajstić information content (AvgIpc) is 2.85. The zero-order valence-corrected chi connectivity index (χ0v) is 19.7. The normalized spacial score (nSPS) is 10.7. The third-order valence-electron chi connectivity index (χ3n) is 5.66. The molecule has 0 fully saturated rings. The fraction of sp³-hybridized carbons (Fsp3) is 0.185. The number of aryl methyl sites for hydroxylation is 1. The number of ether oxygens (including phenoxy) is 2. The maximum absolute atomic E-state index is 13.3. The van der Waals surface area contributed by atoms with E-state index in [1.165, 1.54) is 36.3 Å². The molecule has 8 heteroatoms. The van der Waals surface area contributed by atoms with Crippen LogP contribution in [0.2, 0.25) is 0 Å². The summed E-state index contributed by atoms with van der Waals surface area (Å²) < 4.78 is 24.0. The number of aromatic amines is 1.